The molecule has 0 saturated carbocycles. The summed E-state index contributed by atoms with van der Waals surface area (Å²) in [7, 11) is 1.55. The highest BCUT2D eigenvalue weighted by Gasteiger charge is 2.25. The van der Waals surface area contributed by atoms with E-state index in [1.165, 1.54) is 6.33 Å². The van der Waals surface area contributed by atoms with Crippen LogP contribution < -0.4 is 14.8 Å². The van der Waals surface area contributed by atoms with Crippen LogP contribution in [0.1, 0.15) is 0 Å². The SMILES string of the molecule is COc1ccc(Oc2ncnc(Nc3cccc4ncccc34)c2[N+](=O)[O-])cc1. The van der Waals surface area contributed by atoms with E-state index in [0.717, 1.165) is 10.9 Å². The van der Waals surface area contributed by atoms with Crippen molar-refractivity contribution in [2.45, 2.75) is 0 Å². The molecule has 1 N–H and O–H groups in total. The Bertz CT molecular complexity index is 1180. The number of hydrogen-bond donors (Lipinski definition) is 1. The van der Waals surface area contributed by atoms with Gasteiger partial charge in [0.05, 0.1) is 17.5 Å². The maximum atomic E-state index is 11.8. The molecule has 29 heavy (non-hydrogen) atoms. The summed E-state index contributed by atoms with van der Waals surface area (Å²) >= 11 is 0. The van der Waals surface area contributed by atoms with Gasteiger partial charge < -0.3 is 14.8 Å². The molecule has 0 bridgehead atoms. The number of methoxy groups -OCH3 is 1. The highest BCUT2D eigenvalue weighted by molar-refractivity contribution is 5.93. The highest BCUT2D eigenvalue weighted by atomic mass is 16.6. The summed E-state index contributed by atoms with van der Waals surface area (Å²) in [6, 6.07) is 15.7. The van der Waals surface area contributed by atoms with Gasteiger partial charge in [0, 0.05) is 17.3 Å². The molecule has 2 heterocycles. The van der Waals surface area contributed by atoms with E-state index in [0.29, 0.717) is 17.2 Å². The summed E-state index contributed by atoms with van der Waals surface area (Å²) < 4.78 is 10.7. The van der Waals surface area contributed by atoms with E-state index in [9.17, 15) is 10.1 Å². The largest absolute Gasteiger partial charge is 0.497 e. The second kappa shape index (κ2) is 7.77. The van der Waals surface area contributed by atoms with Gasteiger partial charge in [-0.1, -0.05) is 6.07 Å². The Kier molecular flexibility index (Phi) is 4.85. The molecule has 0 unspecified atom stereocenters. The van der Waals surface area contributed by atoms with E-state index < -0.39 is 4.92 Å². The normalized spacial score (nSPS) is 10.5. The van der Waals surface area contributed by atoms with Crippen LogP contribution in [0.5, 0.6) is 17.4 Å². The van der Waals surface area contributed by atoms with Crippen LogP contribution in [0.2, 0.25) is 0 Å². The number of ether oxygens (including phenoxy) is 2. The summed E-state index contributed by atoms with van der Waals surface area (Å²) in [6.07, 6.45) is 2.89. The summed E-state index contributed by atoms with van der Waals surface area (Å²) in [4.78, 5) is 23.5. The maximum Gasteiger partial charge on any atom is 0.373 e. The fraction of sp³-hybridized carbons (Fsp3) is 0.0500. The number of benzene rings is 2. The molecule has 2 aromatic carbocycles. The first kappa shape index (κ1) is 18.1. The zero-order valence-corrected chi connectivity index (χ0v) is 15.3. The summed E-state index contributed by atoms with van der Waals surface area (Å²) in [5.41, 5.74) is 1.01. The van der Waals surface area contributed by atoms with E-state index in [2.05, 4.69) is 20.3 Å². The Balaban J connectivity index is 1.72. The Morgan fingerprint density at radius 1 is 0.966 bits per heavy atom. The fourth-order valence-corrected chi connectivity index (χ4v) is 2.79. The van der Waals surface area contributed by atoms with Crippen molar-refractivity contribution >= 4 is 28.1 Å². The van der Waals surface area contributed by atoms with E-state index in [4.69, 9.17) is 9.47 Å². The molecule has 0 aliphatic carbocycles. The molecule has 9 nitrogen and oxygen atoms in total. The maximum absolute atomic E-state index is 11.8. The van der Waals surface area contributed by atoms with Crippen LogP contribution in [-0.2, 0) is 0 Å². The fourth-order valence-electron chi connectivity index (χ4n) is 2.79. The van der Waals surface area contributed by atoms with Crippen molar-refractivity contribution in [1.29, 1.82) is 0 Å². The average molecular weight is 389 g/mol. The van der Waals surface area contributed by atoms with Crippen LogP contribution >= 0.6 is 0 Å². The van der Waals surface area contributed by atoms with Gasteiger partial charge in [-0.25, -0.2) is 4.98 Å². The molecule has 4 rings (SSSR count). The number of pyridine rings is 1. The summed E-state index contributed by atoms with van der Waals surface area (Å²) in [5, 5.41) is 15.6. The van der Waals surface area contributed by atoms with Crippen molar-refractivity contribution in [2.75, 3.05) is 12.4 Å². The standard InChI is InChI=1S/C20H15N5O4/c1-28-13-7-9-14(10-8-13)29-20-18(25(26)27)19(22-12-23-20)24-17-6-2-5-16-15(17)4-3-11-21-16/h2-12H,1H3,(H,22,23,24). The minimum absolute atomic E-state index is 0.0184. The first-order valence-corrected chi connectivity index (χ1v) is 8.58. The number of nitro groups is 1. The minimum atomic E-state index is -0.579. The number of nitrogens with one attached hydrogen (secondary N) is 1. The molecule has 144 valence electrons. The van der Waals surface area contributed by atoms with Crippen LogP contribution in [-0.4, -0.2) is 27.0 Å². The third-order valence-corrected chi connectivity index (χ3v) is 4.14. The van der Waals surface area contributed by atoms with Crippen molar-refractivity contribution in [3.8, 4) is 17.4 Å². The molecule has 0 fully saturated rings. The van der Waals surface area contributed by atoms with Gasteiger partial charge in [0.2, 0.25) is 5.82 Å². The van der Waals surface area contributed by atoms with Crippen LogP contribution in [0, 0.1) is 10.1 Å². The van der Waals surface area contributed by atoms with Gasteiger partial charge in [-0.15, -0.1) is 0 Å². The van der Waals surface area contributed by atoms with Crippen LogP contribution in [0.3, 0.4) is 0 Å². The lowest BCUT2D eigenvalue weighted by Gasteiger charge is -2.11. The van der Waals surface area contributed by atoms with Crippen molar-refractivity contribution in [3.63, 3.8) is 0 Å². The van der Waals surface area contributed by atoms with Crippen LogP contribution in [0.25, 0.3) is 10.9 Å². The lowest BCUT2D eigenvalue weighted by Crippen LogP contribution is -2.04. The van der Waals surface area contributed by atoms with Gasteiger partial charge in [0.1, 0.15) is 17.8 Å². The molecule has 0 saturated heterocycles. The molecule has 0 atom stereocenters. The minimum Gasteiger partial charge on any atom is -0.497 e. The van der Waals surface area contributed by atoms with Gasteiger partial charge in [-0.3, -0.25) is 15.1 Å². The smallest absolute Gasteiger partial charge is 0.373 e. The third kappa shape index (κ3) is 3.74. The van der Waals surface area contributed by atoms with Crippen molar-refractivity contribution in [3.05, 3.63) is 77.2 Å². The van der Waals surface area contributed by atoms with E-state index in [-0.39, 0.29) is 17.4 Å². The molecular formula is C20H15N5O4. The Labute approximate surface area is 165 Å². The Hall–Kier alpha value is -4.27. The first-order chi connectivity index (χ1) is 14.2. The predicted octanol–water partition coefficient (Wildman–Crippen LogP) is 4.48. The lowest BCUT2D eigenvalue weighted by atomic mass is 10.2. The van der Waals surface area contributed by atoms with E-state index in [1.54, 1.807) is 55.8 Å². The number of fused-ring (bicyclic) bond motifs is 1. The predicted molar refractivity (Wildman–Crippen MR) is 107 cm³/mol. The quantitative estimate of drug-likeness (QED) is 0.379. The van der Waals surface area contributed by atoms with Crippen molar-refractivity contribution in [1.82, 2.24) is 15.0 Å². The van der Waals surface area contributed by atoms with E-state index in [1.807, 2.05) is 12.1 Å². The van der Waals surface area contributed by atoms with Crippen molar-refractivity contribution < 1.29 is 14.4 Å². The van der Waals surface area contributed by atoms with Gasteiger partial charge >= 0.3 is 11.6 Å². The lowest BCUT2D eigenvalue weighted by molar-refractivity contribution is -0.385. The number of rotatable bonds is 6. The summed E-state index contributed by atoms with van der Waals surface area (Å²) in [5.74, 6) is 0.871. The molecule has 4 aromatic rings. The Morgan fingerprint density at radius 3 is 2.52 bits per heavy atom. The number of aromatic nitrogens is 3. The first-order valence-electron chi connectivity index (χ1n) is 8.58. The van der Waals surface area contributed by atoms with Crippen LogP contribution in [0.4, 0.5) is 17.2 Å². The molecule has 0 aliphatic rings. The highest BCUT2D eigenvalue weighted by Crippen LogP contribution is 2.36. The number of anilines is 2. The summed E-state index contributed by atoms with van der Waals surface area (Å²) in [6.45, 7) is 0. The zero-order chi connectivity index (χ0) is 20.2. The molecule has 0 amide bonds. The van der Waals surface area contributed by atoms with Crippen molar-refractivity contribution in [2.24, 2.45) is 0 Å². The molecule has 0 radical (unpaired) electrons. The van der Waals surface area contributed by atoms with Gasteiger partial charge in [0.15, 0.2) is 0 Å². The average Bonchev–Trinajstić information content (AvgIpc) is 2.74. The van der Waals surface area contributed by atoms with Crippen LogP contribution in [0.15, 0.2) is 67.1 Å². The third-order valence-electron chi connectivity index (χ3n) is 4.14. The number of nitrogens with zero attached hydrogens (tertiary/aromatic N) is 4. The molecular weight excluding hydrogens is 374 g/mol. The zero-order valence-electron chi connectivity index (χ0n) is 15.3. The molecule has 9 heteroatoms. The topological polar surface area (TPSA) is 112 Å². The molecule has 0 aliphatic heterocycles. The van der Waals surface area contributed by atoms with E-state index >= 15 is 0 Å². The van der Waals surface area contributed by atoms with Gasteiger partial charge in [0.25, 0.3) is 0 Å². The molecule has 0 spiro atoms. The van der Waals surface area contributed by atoms with Gasteiger partial charge in [-0.2, -0.15) is 4.98 Å². The number of hydrogen-bond acceptors (Lipinski definition) is 8. The Morgan fingerprint density at radius 2 is 1.76 bits per heavy atom. The second-order valence-corrected chi connectivity index (χ2v) is 5.91. The molecule has 2 aromatic heterocycles. The second-order valence-electron chi connectivity index (χ2n) is 5.91. The monoisotopic (exact) mass is 389 g/mol. The van der Waals surface area contributed by atoms with Gasteiger partial charge in [-0.05, 0) is 48.5 Å².